The number of hydrogen-bond acceptors (Lipinski definition) is 9. The van der Waals surface area contributed by atoms with Crippen molar-refractivity contribution in [1.82, 2.24) is 31.5 Å². The molecule has 3 rings (SSSR count). The van der Waals surface area contributed by atoms with E-state index in [0.717, 1.165) is 11.1 Å². The van der Waals surface area contributed by atoms with E-state index in [2.05, 4.69) is 26.6 Å². The summed E-state index contributed by atoms with van der Waals surface area (Å²) in [6.45, 7) is 12.2. The number of carboxylic acid groups (broad SMARTS) is 1. The largest absolute Gasteiger partial charge is 0.481 e. The molecule has 0 aliphatic carbocycles. The lowest BCUT2D eigenvalue weighted by Crippen LogP contribution is -2.62. The third-order valence-electron chi connectivity index (χ3n) is 9.18. The summed E-state index contributed by atoms with van der Waals surface area (Å²) in [6, 6.07) is 1.71. The van der Waals surface area contributed by atoms with Crippen LogP contribution in [-0.4, -0.2) is 111 Å². The molecule has 5 amide bonds. The Morgan fingerprint density at radius 1 is 0.923 bits per heavy atom. The third-order valence-corrected chi connectivity index (χ3v) is 9.18. The molecule has 0 radical (unpaired) electrons. The smallest absolute Gasteiger partial charge is 0.304 e. The number of carboxylic acids is 1. The number of fused-ring (bicyclic) bond motifs is 1. The Morgan fingerprint density at radius 3 is 2.13 bits per heavy atom. The van der Waals surface area contributed by atoms with Crippen LogP contribution in [0.15, 0.2) is 24.3 Å². The van der Waals surface area contributed by atoms with E-state index in [4.69, 9.17) is 0 Å². The van der Waals surface area contributed by atoms with Gasteiger partial charge in [0.1, 0.15) is 18.1 Å². The lowest BCUT2D eigenvalue weighted by molar-refractivity contribution is -0.143. The zero-order valence-electron chi connectivity index (χ0n) is 31.3. The summed E-state index contributed by atoms with van der Waals surface area (Å²) in [4.78, 5) is 96.2. The van der Waals surface area contributed by atoms with Gasteiger partial charge in [-0.15, -0.1) is 0 Å². The second-order valence-corrected chi connectivity index (χ2v) is 15.5. The Hall–Kier alpha value is -4.37. The zero-order valence-corrected chi connectivity index (χ0v) is 31.3. The van der Waals surface area contributed by atoms with Gasteiger partial charge in [0.05, 0.1) is 30.5 Å². The van der Waals surface area contributed by atoms with Crippen LogP contribution in [0.5, 0.6) is 0 Å². The minimum atomic E-state index is -1.56. The Bertz CT molecular complexity index is 1470. The van der Waals surface area contributed by atoms with Crippen LogP contribution in [0.25, 0.3) is 0 Å². The normalized spacial score (nSPS) is 26.6. The third kappa shape index (κ3) is 12.4. The molecular formula is C37H56N6O9. The SMILES string of the molecule is Cc1ccc(C[C@@H]2NC(=O)[C@@H]3CCCN3[C@@H](C(=O)NC(C)(C)C)CNC(=O)[C@H]([C@@H](C)O)NC(=O)[C@H](CC(=O)O)CC(=O)[C@H](CC(C)C)NC2=O)cc1. The van der Waals surface area contributed by atoms with E-state index in [1.54, 1.807) is 25.7 Å². The topological polar surface area (TPSA) is 223 Å². The summed E-state index contributed by atoms with van der Waals surface area (Å²) in [5.41, 5.74) is 1.08. The van der Waals surface area contributed by atoms with Crippen LogP contribution in [-0.2, 0) is 40.0 Å². The van der Waals surface area contributed by atoms with Gasteiger partial charge >= 0.3 is 5.97 Å². The average Bonchev–Trinajstić information content (AvgIpc) is 3.51. The number of carbonyl (C=O) groups is 7. The number of nitrogens with zero attached hydrogens (tertiary/aromatic N) is 1. The van der Waals surface area contributed by atoms with Crippen LogP contribution in [0.2, 0.25) is 0 Å². The highest BCUT2D eigenvalue weighted by Crippen LogP contribution is 2.23. The fourth-order valence-electron chi connectivity index (χ4n) is 6.55. The molecule has 2 aliphatic rings. The van der Waals surface area contributed by atoms with E-state index in [1.807, 2.05) is 45.0 Å². The molecule has 0 aromatic heterocycles. The number of benzene rings is 1. The quantitative estimate of drug-likeness (QED) is 0.195. The van der Waals surface area contributed by atoms with Gasteiger partial charge in [-0.25, -0.2) is 0 Å². The van der Waals surface area contributed by atoms with Gasteiger partial charge in [0.15, 0.2) is 5.78 Å². The van der Waals surface area contributed by atoms with Crippen molar-refractivity contribution in [2.75, 3.05) is 13.1 Å². The second kappa shape index (κ2) is 18.4. The maximum Gasteiger partial charge on any atom is 0.304 e. The van der Waals surface area contributed by atoms with Gasteiger partial charge in [0.25, 0.3) is 0 Å². The lowest BCUT2D eigenvalue weighted by atomic mass is 9.90. The van der Waals surface area contributed by atoms with Gasteiger partial charge < -0.3 is 36.8 Å². The van der Waals surface area contributed by atoms with Crippen molar-refractivity contribution in [2.45, 2.75) is 129 Å². The molecule has 52 heavy (non-hydrogen) atoms. The first kappa shape index (κ1) is 42.0. The number of amides is 5. The van der Waals surface area contributed by atoms with E-state index in [-0.39, 0.29) is 25.3 Å². The monoisotopic (exact) mass is 728 g/mol. The predicted molar refractivity (Wildman–Crippen MR) is 192 cm³/mol. The maximum atomic E-state index is 14.1. The molecule has 0 unspecified atom stereocenters. The summed E-state index contributed by atoms with van der Waals surface area (Å²) in [5, 5.41) is 33.7. The van der Waals surface area contributed by atoms with E-state index in [0.29, 0.717) is 19.4 Å². The minimum Gasteiger partial charge on any atom is -0.481 e. The van der Waals surface area contributed by atoms with Gasteiger partial charge in [-0.1, -0.05) is 43.7 Å². The van der Waals surface area contributed by atoms with E-state index >= 15 is 0 Å². The highest BCUT2D eigenvalue weighted by Gasteiger charge is 2.42. The highest BCUT2D eigenvalue weighted by molar-refractivity contribution is 5.97. The number of carbonyl (C=O) groups excluding carboxylic acids is 6. The molecule has 288 valence electrons. The Balaban J connectivity index is 2.12. The number of aryl methyl sites for hydroxylation is 1. The molecule has 1 aromatic carbocycles. The number of nitrogens with one attached hydrogen (secondary N) is 5. The van der Waals surface area contributed by atoms with Gasteiger partial charge in [0.2, 0.25) is 29.5 Å². The maximum absolute atomic E-state index is 14.1. The van der Waals surface area contributed by atoms with Crippen molar-refractivity contribution in [2.24, 2.45) is 11.8 Å². The molecule has 0 saturated carbocycles. The first-order valence-electron chi connectivity index (χ1n) is 18.0. The average molecular weight is 729 g/mol. The van der Waals surface area contributed by atoms with Crippen LogP contribution < -0.4 is 26.6 Å². The zero-order chi connectivity index (χ0) is 38.9. The molecule has 2 heterocycles. The van der Waals surface area contributed by atoms with Crippen molar-refractivity contribution < 1.29 is 43.8 Å². The molecule has 2 saturated heterocycles. The molecule has 15 nitrogen and oxygen atoms in total. The Kier molecular flexibility index (Phi) is 14.9. The second-order valence-electron chi connectivity index (χ2n) is 15.5. The Morgan fingerprint density at radius 2 is 1.56 bits per heavy atom. The van der Waals surface area contributed by atoms with Crippen LogP contribution in [0.1, 0.15) is 84.8 Å². The molecule has 2 aliphatic heterocycles. The summed E-state index contributed by atoms with van der Waals surface area (Å²) >= 11 is 0. The number of aliphatic hydroxyl groups excluding tert-OH is 1. The number of hydrogen-bond donors (Lipinski definition) is 7. The van der Waals surface area contributed by atoms with Crippen LogP contribution in [0.3, 0.4) is 0 Å². The van der Waals surface area contributed by atoms with Crippen LogP contribution in [0, 0.1) is 18.8 Å². The van der Waals surface area contributed by atoms with Crippen molar-refractivity contribution in [1.29, 1.82) is 0 Å². The molecule has 1 aromatic rings. The number of Topliss-reactive ketones (excluding diaryl/α,β-unsaturated/α-hetero) is 1. The van der Waals surface area contributed by atoms with Gasteiger partial charge in [-0.2, -0.15) is 0 Å². The number of aliphatic carboxylic acids is 1. The van der Waals surface area contributed by atoms with Crippen molar-refractivity contribution >= 4 is 41.3 Å². The predicted octanol–water partition coefficient (Wildman–Crippen LogP) is 0.346. The van der Waals surface area contributed by atoms with Crippen molar-refractivity contribution in [3.63, 3.8) is 0 Å². The fraction of sp³-hybridized carbons (Fsp3) is 0.649. The summed E-state index contributed by atoms with van der Waals surface area (Å²) < 4.78 is 0. The first-order chi connectivity index (χ1) is 24.2. The minimum absolute atomic E-state index is 0.0853. The number of ketones is 1. The molecule has 0 bridgehead atoms. The van der Waals surface area contributed by atoms with Crippen LogP contribution in [0.4, 0.5) is 0 Å². The number of rotatable bonds is 8. The molecule has 15 heteroatoms. The van der Waals surface area contributed by atoms with Crippen LogP contribution >= 0.6 is 0 Å². The molecule has 0 spiro atoms. The molecule has 7 N–H and O–H groups in total. The molecule has 7 atom stereocenters. The van der Waals surface area contributed by atoms with Gasteiger partial charge in [-0.3, -0.25) is 38.5 Å². The van der Waals surface area contributed by atoms with Crippen molar-refractivity contribution in [3.05, 3.63) is 35.4 Å². The van der Waals surface area contributed by atoms with E-state index in [1.165, 1.54) is 6.92 Å². The summed E-state index contributed by atoms with van der Waals surface area (Å²) in [6.07, 6.45) is -1.62. The van der Waals surface area contributed by atoms with Crippen molar-refractivity contribution in [3.8, 4) is 0 Å². The van der Waals surface area contributed by atoms with E-state index < -0.39 is 102 Å². The number of aliphatic hydroxyl groups is 1. The molecule has 2 fully saturated rings. The first-order valence-corrected chi connectivity index (χ1v) is 18.0. The Labute approximate surface area is 305 Å². The molecular weight excluding hydrogens is 672 g/mol. The highest BCUT2D eigenvalue weighted by atomic mass is 16.4. The van der Waals surface area contributed by atoms with Gasteiger partial charge in [0, 0.05) is 24.9 Å². The standard InChI is InChI=1S/C37H56N6O9/c1-20(2)15-25-29(45)17-24(18-30(46)47)32(48)41-31(22(4)44)36(52)38-19-28(35(51)42-37(5,6)7)43-14-8-9-27(43)34(50)40-26(33(49)39-25)16-23-12-10-21(3)11-13-23/h10-13,20,22,24-28,31,44H,8-9,14-19H2,1-7H3,(H,38,52)(H,39,49)(H,40,50)(H,41,48)(H,42,51)(H,46,47)/t22-,24+,25+,26+,27+,28-,31+/m1/s1. The van der Waals surface area contributed by atoms with Gasteiger partial charge in [-0.05, 0) is 71.9 Å². The lowest BCUT2D eigenvalue weighted by Gasteiger charge is -2.35. The summed E-state index contributed by atoms with van der Waals surface area (Å²) in [7, 11) is 0. The fourth-order valence-corrected chi connectivity index (χ4v) is 6.55. The van der Waals surface area contributed by atoms with E-state index in [9.17, 15) is 43.8 Å². The summed E-state index contributed by atoms with van der Waals surface area (Å²) in [5.74, 6) is -6.91.